The highest BCUT2D eigenvalue weighted by Gasteiger charge is 2.22. The van der Waals surface area contributed by atoms with Crippen molar-refractivity contribution >= 4 is 22.6 Å². The third-order valence-electron chi connectivity index (χ3n) is 5.19. The number of aromatic nitrogens is 2. The molecular formula is C16H27IN4. The molecule has 0 atom stereocenters. The van der Waals surface area contributed by atoms with Crippen LogP contribution in [0.5, 0.6) is 0 Å². The van der Waals surface area contributed by atoms with Crippen molar-refractivity contribution in [3.8, 4) is 0 Å². The fraction of sp³-hybridized carbons (Fsp3) is 0.812. The SMILES string of the molecule is CN1CCC(CCN2CCC(n3cc(I)cn3)CC2)CC1. The topological polar surface area (TPSA) is 24.3 Å². The lowest BCUT2D eigenvalue weighted by atomic mass is 9.93. The smallest absolute Gasteiger partial charge is 0.0623 e. The van der Waals surface area contributed by atoms with Gasteiger partial charge in [0.05, 0.1) is 15.8 Å². The second-order valence-electron chi connectivity index (χ2n) is 6.75. The van der Waals surface area contributed by atoms with Crippen molar-refractivity contribution in [2.75, 3.05) is 39.8 Å². The van der Waals surface area contributed by atoms with Gasteiger partial charge in [0.1, 0.15) is 0 Å². The van der Waals surface area contributed by atoms with Gasteiger partial charge < -0.3 is 9.80 Å². The Morgan fingerprint density at radius 3 is 2.48 bits per heavy atom. The van der Waals surface area contributed by atoms with Crippen molar-refractivity contribution in [2.45, 2.75) is 38.1 Å². The Bertz CT molecular complexity index is 431. The van der Waals surface area contributed by atoms with Crippen LogP contribution in [-0.2, 0) is 0 Å². The number of hydrogen-bond acceptors (Lipinski definition) is 3. The van der Waals surface area contributed by atoms with Crippen LogP contribution in [0, 0.1) is 9.49 Å². The molecule has 1 aromatic rings. The van der Waals surface area contributed by atoms with E-state index in [2.05, 4.69) is 55.4 Å². The Morgan fingerprint density at radius 2 is 1.86 bits per heavy atom. The molecule has 0 aliphatic carbocycles. The minimum atomic E-state index is 0.619. The van der Waals surface area contributed by atoms with Crippen LogP contribution in [0.4, 0.5) is 0 Å². The lowest BCUT2D eigenvalue weighted by molar-refractivity contribution is 0.152. The maximum absolute atomic E-state index is 4.48. The van der Waals surface area contributed by atoms with E-state index in [-0.39, 0.29) is 0 Å². The zero-order valence-electron chi connectivity index (χ0n) is 13.0. The van der Waals surface area contributed by atoms with Gasteiger partial charge >= 0.3 is 0 Å². The summed E-state index contributed by atoms with van der Waals surface area (Å²) in [7, 11) is 2.25. The molecule has 0 amide bonds. The van der Waals surface area contributed by atoms with Gasteiger partial charge in [-0.25, -0.2) is 0 Å². The molecule has 3 rings (SSSR count). The lowest BCUT2D eigenvalue weighted by Crippen LogP contribution is -2.37. The van der Waals surface area contributed by atoms with Crippen molar-refractivity contribution < 1.29 is 0 Å². The molecule has 2 fully saturated rings. The van der Waals surface area contributed by atoms with Crippen molar-refractivity contribution in [3.05, 3.63) is 16.0 Å². The Hall–Kier alpha value is -0.140. The van der Waals surface area contributed by atoms with Crippen LogP contribution < -0.4 is 0 Å². The van der Waals surface area contributed by atoms with Gasteiger partial charge in [0.2, 0.25) is 0 Å². The van der Waals surface area contributed by atoms with Gasteiger partial charge in [-0.1, -0.05) is 0 Å². The van der Waals surface area contributed by atoms with Gasteiger partial charge in [0.15, 0.2) is 0 Å². The summed E-state index contributed by atoms with van der Waals surface area (Å²) in [6.07, 6.45) is 10.9. The quantitative estimate of drug-likeness (QED) is 0.724. The molecule has 0 bridgehead atoms. The van der Waals surface area contributed by atoms with E-state index in [4.69, 9.17) is 0 Å². The van der Waals surface area contributed by atoms with Gasteiger partial charge in [-0.15, -0.1) is 0 Å². The van der Waals surface area contributed by atoms with Gasteiger partial charge in [0.25, 0.3) is 0 Å². The Labute approximate surface area is 142 Å². The average Bonchev–Trinajstić information content (AvgIpc) is 2.94. The third kappa shape index (κ3) is 4.42. The molecule has 1 aromatic heterocycles. The fourth-order valence-electron chi connectivity index (χ4n) is 3.64. The van der Waals surface area contributed by atoms with Crippen molar-refractivity contribution in [3.63, 3.8) is 0 Å². The molecule has 3 heterocycles. The summed E-state index contributed by atoms with van der Waals surface area (Å²) >= 11 is 2.34. The highest BCUT2D eigenvalue weighted by molar-refractivity contribution is 14.1. The van der Waals surface area contributed by atoms with Crippen LogP contribution in [0.15, 0.2) is 12.4 Å². The largest absolute Gasteiger partial charge is 0.306 e. The number of nitrogens with zero attached hydrogens (tertiary/aromatic N) is 4. The Balaban J connectivity index is 1.38. The van der Waals surface area contributed by atoms with E-state index >= 15 is 0 Å². The number of rotatable bonds is 4. The molecule has 0 aromatic carbocycles. The van der Waals surface area contributed by atoms with Crippen LogP contribution in [-0.4, -0.2) is 59.4 Å². The number of piperidine rings is 2. The van der Waals surface area contributed by atoms with Gasteiger partial charge in [0, 0.05) is 19.3 Å². The molecule has 2 aliphatic heterocycles. The number of halogens is 1. The number of likely N-dealkylation sites (tertiary alicyclic amines) is 2. The second-order valence-corrected chi connectivity index (χ2v) is 7.99. The molecule has 21 heavy (non-hydrogen) atoms. The van der Waals surface area contributed by atoms with Crippen LogP contribution in [0.2, 0.25) is 0 Å². The minimum absolute atomic E-state index is 0.619. The minimum Gasteiger partial charge on any atom is -0.306 e. The first kappa shape index (κ1) is 15.7. The lowest BCUT2D eigenvalue weighted by Gasteiger charge is -2.34. The molecule has 2 saturated heterocycles. The first-order chi connectivity index (χ1) is 10.2. The van der Waals surface area contributed by atoms with Crippen molar-refractivity contribution in [1.82, 2.24) is 19.6 Å². The van der Waals surface area contributed by atoms with Crippen LogP contribution in [0.1, 0.15) is 38.1 Å². The third-order valence-corrected chi connectivity index (χ3v) is 5.75. The molecule has 0 unspecified atom stereocenters. The molecule has 4 nitrogen and oxygen atoms in total. The molecule has 118 valence electrons. The predicted octanol–water partition coefficient (Wildman–Crippen LogP) is 2.86. The van der Waals surface area contributed by atoms with E-state index in [0.29, 0.717) is 6.04 Å². The van der Waals surface area contributed by atoms with Crippen molar-refractivity contribution in [1.29, 1.82) is 0 Å². The van der Waals surface area contributed by atoms with Gasteiger partial charge in [-0.05, 0) is 87.3 Å². The summed E-state index contributed by atoms with van der Waals surface area (Å²) in [6, 6.07) is 0.619. The molecule has 2 aliphatic rings. The predicted molar refractivity (Wildman–Crippen MR) is 94.5 cm³/mol. The molecule has 0 spiro atoms. The van der Waals surface area contributed by atoms with Crippen LogP contribution >= 0.6 is 22.6 Å². The monoisotopic (exact) mass is 402 g/mol. The number of hydrogen-bond donors (Lipinski definition) is 0. The Kier molecular flexibility index (Phi) is 5.56. The summed E-state index contributed by atoms with van der Waals surface area (Å²) < 4.78 is 3.42. The fourth-order valence-corrected chi connectivity index (χ4v) is 4.05. The van der Waals surface area contributed by atoms with Crippen LogP contribution in [0.3, 0.4) is 0 Å². The maximum Gasteiger partial charge on any atom is 0.0623 e. The highest BCUT2D eigenvalue weighted by atomic mass is 127. The summed E-state index contributed by atoms with van der Waals surface area (Å²) in [5.41, 5.74) is 0. The van der Waals surface area contributed by atoms with E-state index in [9.17, 15) is 0 Å². The summed E-state index contributed by atoms with van der Waals surface area (Å²) in [5, 5.41) is 4.48. The van der Waals surface area contributed by atoms with Gasteiger partial charge in [-0.3, -0.25) is 4.68 Å². The summed E-state index contributed by atoms with van der Waals surface area (Å²) in [5.74, 6) is 0.964. The normalized spacial score (nSPS) is 23.7. The molecule has 5 heteroatoms. The molecule has 0 saturated carbocycles. The van der Waals surface area contributed by atoms with E-state index in [1.54, 1.807) is 0 Å². The average molecular weight is 402 g/mol. The maximum atomic E-state index is 4.48. The highest BCUT2D eigenvalue weighted by Crippen LogP contribution is 2.24. The van der Waals surface area contributed by atoms with E-state index < -0.39 is 0 Å². The Morgan fingerprint density at radius 1 is 1.14 bits per heavy atom. The molecular weight excluding hydrogens is 375 g/mol. The van der Waals surface area contributed by atoms with Crippen molar-refractivity contribution in [2.24, 2.45) is 5.92 Å². The molecule has 0 radical (unpaired) electrons. The van der Waals surface area contributed by atoms with E-state index in [1.165, 1.54) is 68.4 Å². The van der Waals surface area contributed by atoms with Gasteiger partial charge in [-0.2, -0.15) is 5.10 Å². The van der Waals surface area contributed by atoms with E-state index in [0.717, 1.165) is 5.92 Å². The zero-order valence-corrected chi connectivity index (χ0v) is 15.2. The molecule has 0 N–H and O–H groups in total. The standard InChI is InChI=1S/C16H27IN4/c1-19-7-2-14(3-8-19)4-9-20-10-5-16(6-11-20)21-13-15(17)12-18-21/h12-14,16H,2-11H2,1H3. The second kappa shape index (κ2) is 7.42. The summed E-state index contributed by atoms with van der Waals surface area (Å²) in [4.78, 5) is 5.14. The zero-order chi connectivity index (χ0) is 14.7. The first-order valence-electron chi connectivity index (χ1n) is 8.31. The van der Waals surface area contributed by atoms with Crippen LogP contribution in [0.25, 0.3) is 0 Å². The van der Waals surface area contributed by atoms with E-state index in [1.807, 2.05) is 6.20 Å². The summed E-state index contributed by atoms with van der Waals surface area (Å²) in [6.45, 7) is 6.38. The first-order valence-corrected chi connectivity index (χ1v) is 9.39.